The van der Waals surface area contributed by atoms with Crippen LogP contribution in [0, 0.1) is 6.92 Å². The standard InChI is InChI=1S/C22H14Cl2N4/c1-13-9-10-16(24)12-19(13)28-21(14-5-4-6-15(23)11-14)27-20-22(28)26-18-8-3-2-7-17(18)25-20/h2-12H,1H3. The number of hydrogen-bond donors (Lipinski definition) is 0. The third-order valence-electron chi connectivity index (χ3n) is 4.66. The fraction of sp³-hybridized carbons (Fsp3) is 0.0455. The number of halogens is 2. The zero-order valence-electron chi connectivity index (χ0n) is 14.9. The van der Waals surface area contributed by atoms with E-state index < -0.39 is 0 Å². The van der Waals surface area contributed by atoms with Crippen LogP contribution in [0.2, 0.25) is 10.0 Å². The number of imidazole rings is 1. The van der Waals surface area contributed by atoms with Gasteiger partial charge in [-0.2, -0.15) is 0 Å². The topological polar surface area (TPSA) is 43.6 Å². The van der Waals surface area contributed by atoms with Gasteiger partial charge in [-0.05, 0) is 48.9 Å². The van der Waals surface area contributed by atoms with Crippen molar-refractivity contribution in [3.63, 3.8) is 0 Å². The maximum Gasteiger partial charge on any atom is 0.199 e. The van der Waals surface area contributed by atoms with Crippen LogP contribution in [0.5, 0.6) is 0 Å². The van der Waals surface area contributed by atoms with E-state index in [-0.39, 0.29) is 0 Å². The van der Waals surface area contributed by atoms with Crippen molar-refractivity contribution in [1.82, 2.24) is 19.5 Å². The number of fused-ring (bicyclic) bond motifs is 2. The van der Waals surface area contributed by atoms with Gasteiger partial charge in [0.15, 0.2) is 11.3 Å². The van der Waals surface area contributed by atoms with Gasteiger partial charge in [0, 0.05) is 15.6 Å². The molecule has 0 radical (unpaired) electrons. The second-order valence-electron chi connectivity index (χ2n) is 6.57. The minimum absolute atomic E-state index is 0.577. The van der Waals surface area contributed by atoms with Gasteiger partial charge in [0.25, 0.3) is 0 Å². The summed E-state index contributed by atoms with van der Waals surface area (Å²) in [5, 5.41) is 1.29. The quantitative estimate of drug-likeness (QED) is 0.349. The lowest BCUT2D eigenvalue weighted by molar-refractivity contribution is 1.06. The van der Waals surface area contributed by atoms with Gasteiger partial charge >= 0.3 is 0 Å². The SMILES string of the molecule is Cc1ccc(Cl)cc1-n1c(-c2cccc(Cl)c2)nc2nc3ccccc3nc21. The van der Waals surface area contributed by atoms with Gasteiger partial charge in [0.1, 0.15) is 5.82 Å². The average Bonchev–Trinajstić information content (AvgIpc) is 3.06. The molecule has 0 unspecified atom stereocenters. The molecule has 5 rings (SSSR count). The van der Waals surface area contributed by atoms with E-state index in [1.54, 1.807) is 0 Å². The van der Waals surface area contributed by atoms with E-state index >= 15 is 0 Å². The second kappa shape index (κ2) is 6.59. The van der Waals surface area contributed by atoms with Gasteiger partial charge in [-0.1, -0.05) is 53.5 Å². The van der Waals surface area contributed by atoms with Crippen molar-refractivity contribution in [3.05, 3.63) is 82.3 Å². The molecule has 0 aliphatic heterocycles. The highest BCUT2D eigenvalue weighted by Crippen LogP contribution is 2.31. The fourth-order valence-electron chi connectivity index (χ4n) is 3.33. The number of aromatic nitrogens is 4. The molecule has 28 heavy (non-hydrogen) atoms. The maximum atomic E-state index is 6.31. The minimum atomic E-state index is 0.577. The Morgan fingerprint density at radius 2 is 1.50 bits per heavy atom. The molecule has 136 valence electrons. The van der Waals surface area contributed by atoms with Crippen molar-refractivity contribution in [3.8, 4) is 17.1 Å². The Morgan fingerprint density at radius 1 is 0.750 bits per heavy atom. The number of rotatable bonds is 2. The van der Waals surface area contributed by atoms with Gasteiger partial charge < -0.3 is 0 Å². The van der Waals surface area contributed by atoms with E-state index in [2.05, 4.69) is 0 Å². The lowest BCUT2D eigenvalue weighted by Gasteiger charge is -2.12. The molecule has 3 aromatic carbocycles. The summed E-state index contributed by atoms with van der Waals surface area (Å²) in [7, 11) is 0. The Labute approximate surface area is 171 Å². The van der Waals surface area contributed by atoms with Crippen LogP contribution in [-0.4, -0.2) is 19.5 Å². The molecule has 0 fully saturated rings. The Bertz CT molecular complexity index is 1360. The van der Waals surface area contributed by atoms with Crippen LogP contribution in [0.25, 0.3) is 39.4 Å². The molecule has 0 aliphatic rings. The molecule has 4 nitrogen and oxygen atoms in total. The largest absolute Gasteiger partial charge is 0.275 e. The Morgan fingerprint density at radius 3 is 2.29 bits per heavy atom. The minimum Gasteiger partial charge on any atom is -0.275 e. The van der Waals surface area contributed by atoms with Crippen LogP contribution >= 0.6 is 23.2 Å². The molecule has 2 heterocycles. The number of nitrogens with zero attached hydrogens (tertiary/aromatic N) is 4. The van der Waals surface area contributed by atoms with E-state index in [1.807, 2.05) is 78.2 Å². The Hall–Kier alpha value is -2.95. The van der Waals surface area contributed by atoms with Crippen LogP contribution in [0.1, 0.15) is 5.56 Å². The molecule has 2 aromatic heterocycles. The second-order valence-corrected chi connectivity index (χ2v) is 7.44. The normalized spacial score (nSPS) is 11.4. The molecule has 0 spiro atoms. The number of hydrogen-bond acceptors (Lipinski definition) is 3. The van der Waals surface area contributed by atoms with Gasteiger partial charge in [-0.3, -0.25) is 4.57 Å². The number of benzene rings is 3. The zero-order valence-corrected chi connectivity index (χ0v) is 16.4. The van der Waals surface area contributed by atoms with Crippen molar-refractivity contribution < 1.29 is 0 Å². The highest BCUT2D eigenvalue weighted by atomic mass is 35.5. The third kappa shape index (κ3) is 2.82. The van der Waals surface area contributed by atoms with Crippen molar-refractivity contribution in [2.45, 2.75) is 6.92 Å². The van der Waals surface area contributed by atoms with Crippen LogP contribution in [-0.2, 0) is 0 Å². The molecule has 0 aliphatic carbocycles. The molecule has 0 saturated carbocycles. The number of aryl methyl sites for hydroxylation is 1. The molecule has 0 atom stereocenters. The molecular weight excluding hydrogens is 391 g/mol. The van der Waals surface area contributed by atoms with E-state index in [1.165, 1.54) is 0 Å². The highest BCUT2D eigenvalue weighted by Gasteiger charge is 2.19. The van der Waals surface area contributed by atoms with E-state index in [9.17, 15) is 0 Å². The molecule has 0 saturated heterocycles. The van der Waals surface area contributed by atoms with Crippen LogP contribution in [0.15, 0.2) is 66.7 Å². The first-order chi connectivity index (χ1) is 13.6. The molecule has 0 amide bonds. The number of para-hydroxylation sites is 2. The van der Waals surface area contributed by atoms with E-state index in [0.717, 1.165) is 33.7 Å². The van der Waals surface area contributed by atoms with Crippen molar-refractivity contribution in [2.24, 2.45) is 0 Å². The summed E-state index contributed by atoms with van der Waals surface area (Å²) in [6, 6.07) is 21.2. The lowest BCUT2D eigenvalue weighted by atomic mass is 10.1. The van der Waals surface area contributed by atoms with Crippen molar-refractivity contribution >= 4 is 45.5 Å². The van der Waals surface area contributed by atoms with Crippen LogP contribution in [0.3, 0.4) is 0 Å². The zero-order chi connectivity index (χ0) is 19.3. The Balaban J connectivity index is 1.92. The molecular formula is C22H14Cl2N4. The summed E-state index contributed by atoms with van der Waals surface area (Å²) < 4.78 is 2.00. The first-order valence-corrected chi connectivity index (χ1v) is 9.53. The van der Waals surface area contributed by atoms with Crippen molar-refractivity contribution in [2.75, 3.05) is 0 Å². The van der Waals surface area contributed by atoms with Crippen molar-refractivity contribution in [1.29, 1.82) is 0 Å². The van der Waals surface area contributed by atoms with Gasteiger partial charge in [0.05, 0.1) is 16.7 Å². The summed E-state index contributed by atoms with van der Waals surface area (Å²) in [5.74, 6) is 0.721. The van der Waals surface area contributed by atoms with Gasteiger partial charge in [0.2, 0.25) is 0 Å². The molecule has 0 N–H and O–H groups in total. The first-order valence-electron chi connectivity index (χ1n) is 8.78. The van der Waals surface area contributed by atoms with E-state index in [4.69, 9.17) is 38.2 Å². The summed E-state index contributed by atoms with van der Waals surface area (Å²) in [6.45, 7) is 2.04. The molecule has 6 heteroatoms. The lowest BCUT2D eigenvalue weighted by Crippen LogP contribution is -2.01. The smallest absolute Gasteiger partial charge is 0.199 e. The van der Waals surface area contributed by atoms with Gasteiger partial charge in [-0.25, -0.2) is 15.0 Å². The Kier molecular flexibility index (Phi) is 4.04. The monoisotopic (exact) mass is 404 g/mol. The third-order valence-corrected chi connectivity index (χ3v) is 5.13. The summed E-state index contributed by atoms with van der Waals surface area (Å²) in [5.41, 5.74) is 5.73. The predicted molar refractivity (Wildman–Crippen MR) is 114 cm³/mol. The summed E-state index contributed by atoms with van der Waals surface area (Å²) in [6.07, 6.45) is 0. The fourth-order valence-corrected chi connectivity index (χ4v) is 3.69. The highest BCUT2D eigenvalue weighted by molar-refractivity contribution is 6.31. The molecule has 5 aromatic rings. The summed E-state index contributed by atoms with van der Waals surface area (Å²) >= 11 is 12.6. The maximum absolute atomic E-state index is 6.31. The van der Waals surface area contributed by atoms with Gasteiger partial charge in [-0.15, -0.1) is 0 Å². The average molecular weight is 405 g/mol. The van der Waals surface area contributed by atoms with Crippen LogP contribution < -0.4 is 0 Å². The summed E-state index contributed by atoms with van der Waals surface area (Å²) in [4.78, 5) is 14.4. The van der Waals surface area contributed by atoms with E-state index in [0.29, 0.717) is 21.3 Å². The molecule has 0 bridgehead atoms. The predicted octanol–water partition coefficient (Wildman–Crippen LogP) is 6.25. The first kappa shape index (κ1) is 17.2. The van der Waals surface area contributed by atoms with Crippen LogP contribution in [0.4, 0.5) is 0 Å².